The normalized spacial score (nSPS) is 14.2. The van der Waals surface area contributed by atoms with Crippen molar-refractivity contribution in [3.05, 3.63) is 59.1 Å². The Kier molecular flexibility index (Phi) is 10.7. The van der Waals surface area contributed by atoms with E-state index >= 15 is 4.39 Å². The lowest BCUT2D eigenvalue weighted by Crippen LogP contribution is -2.48. The monoisotopic (exact) mass is 428 g/mol. The van der Waals surface area contributed by atoms with Crippen LogP contribution in [0, 0.1) is 17.7 Å². The fourth-order valence-electron chi connectivity index (χ4n) is 3.92. The molecule has 0 radical (unpaired) electrons. The molecule has 2 nitrogen and oxygen atoms in total. The Labute approximate surface area is 191 Å². The summed E-state index contributed by atoms with van der Waals surface area (Å²) in [5, 5.41) is 1.91. The fraction of sp³-hybridized carbons (Fsp3) is 0.571. The molecule has 0 fully saturated rings. The summed E-state index contributed by atoms with van der Waals surface area (Å²) in [6.07, 6.45) is 10.6. The van der Waals surface area contributed by atoms with Crippen molar-refractivity contribution >= 4 is 11.6 Å². The van der Waals surface area contributed by atoms with Crippen molar-refractivity contribution in [1.29, 1.82) is 0 Å². The Balaban J connectivity index is 3.82. The molecular formula is C28H45FN2. The van der Waals surface area contributed by atoms with Crippen LogP contribution in [-0.2, 0) is 6.42 Å². The Morgan fingerprint density at radius 2 is 1.81 bits per heavy atom. The van der Waals surface area contributed by atoms with Crippen molar-refractivity contribution in [3.63, 3.8) is 0 Å². The van der Waals surface area contributed by atoms with E-state index in [0.717, 1.165) is 54.5 Å². The van der Waals surface area contributed by atoms with Gasteiger partial charge in [-0.1, -0.05) is 78.8 Å². The molecule has 1 rings (SSSR count). The van der Waals surface area contributed by atoms with Gasteiger partial charge in [0.25, 0.3) is 0 Å². The average molecular weight is 429 g/mol. The molecule has 0 spiro atoms. The molecule has 174 valence electrons. The predicted molar refractivity (Wildman–Crippen MR) is 136 cm³/mol. The van der Waals surface area contributed by atoms with E-state index in [1.54, 1.807) is 12.1 Å². The molecule has 0 bridgehead atoms. The second-order valence-corrected chi connectivity index (χ2v) is 9.60. The smallest absolute Gasteiger partial charge is 0.131 e. The molecule has 1 atom stereocenters. The highest BCUT2D eigenvalue weighted by molar-refractivity contribution is 5.77. The minimum absolute atomic E-state index is 0.118. The number of nitrogens with zero attached hydrogens (tertiary/aromatic N) is 1. The molecule has 31 heavy (non-hydrogen) atoms. The number of hydrogen-bond donors (Lipinski definition) is 1. The first-order valence-corrected chi connectivity index (χ1v) is 11.9. The largest absolute Gasteiger partial charge is 0.309 e. The maximum absolute atomic E-state index is 15.5. The third kappa shape index (κ3) is 7.07. The van der Waals surface area contributed by atoms with E-state index in [9.17, 15) is 0 Å². The zero-order valence-electron chi connectivity index (χ0n) is 21.2. The third-order valence-corrected chi connectivity index (χ3v) is 6.17. The Hall–Kier alpha value is -1.87. The lowest BCUT2D eigenvalue weighted by molar-refractivity contribution is 0.160. The topological polar surface area (TPSA) is 29.3 Å². The molecular weight excluding hydrogens is 383 g/mol. The van der Waals surface area contributed by atoms with Gasteiger partial charge in [-0.3, -0.25) is 0 Å². The van der Waals surface area contributed by atoms with Gasteiger partial charge in [-0.05, 0) is 74.1 Å². The minimum Gasteiger partial charge on any atom is -0.309 e. The first kappa shape index (κ1) is 27.2. The van der Waals surface area contributed by atoms with Gasteiger partial charge in [0.2, 0.25) is 0 Å². The second kappa shape index (κ2) is 12.2. The molecule has 0 aliphatic rings. The molecule has 0 aliphatic heterocycles. The van der Waals surface area contributed by atoms with Crippen molar-refractivity contribution in [3.8, 4) is 0 Å². The number of benzene rings is 1. The molecule has 0 aromatic heterocycles. The van der Waals surface area contributed by atoms with E-state index in [1.165, 1.54) is 0 Å². The van der Waals surface area contributed by atoms with Gasteiger partial charge in [0.15, 0.2) is 0 Å². The van der Waals surface area contributed by atoms with Crippen LogP contribution in [0.5, 0.6) is 0 Å². The maximum atomic E-state index is 15.5. The number of hydrogen-bond acceptors (Lipinski definition) is 2. The van der Waals surface area contributed by atoms with Gasteiger partial charge in [-0.2, -0.15) is 0 Å². The first-order valence-electron chi connectivity index (χ1n) is 11.9. The summed E-state index contributed by atoms with van der Waals surface area (Å²) >= 11 is 0. The number of allylic oxidation sites excluding steroid dienone is 3. The SMILES string of the molecule is C=Cc1cc(CC)cc(F)c1/C(=C(\CC(C)CC)N(N)C(C)(C)C/C=C/CC)C(C)C. The van der Waals surface area contributed by atoms with Gasteiger partial charge < -0.3 is 5.01 Å². The fourth-order valence-corrected chi connectivity index (χ4v) is 3.92. The van der Waals surface area contributed by atoms with Gasteiger partial charge in [0.1, 0.15) is 5.82 Å². The van der Waals surface area contributed by atoms with Gasteiger partial charge >= 0.3 is 0 Å². The lowest BCUT2D eigenvalue weighted by atomic mass is 9.84. The molecule has 1 aromatic rings. The molecule has 0 saturated carbocycles. The number of halogens is 1. The molecule has 0 amide bonds. The van der Waals surface area contributed by atoms with Crippen LogP contribution >= 0.6 is 0 Å². The van der Waals surface area contributed by atoms with E-state index in [-0.39, 0.29) is 17.3 Å². The molecule has 3 heteroatoms. The molecule has 1 unspecified atom stereocenters. The lowest BCUT2D eigenvalue weighted by Gasteiger charge is -2.40. The number of aryl methyl sites for hydroxylation is 1. The number of rotatable bonds is 12. The molecule has 0 heterocycles. The highest BCUT2D eigenvalue weighted by atomic mass is 19.1. The first-order chi connectivity index (χ1) is 14.5. The maximum Gasteiger partial charge on any atom is 0.131 e. The highest BCUT2D eigenvalue weighted by Crippen LogP contribution is 2.38. The van der Waals surface area contributed by atoms with E-state index < -0.39 is 0 Å². The summed E-state index contributed by atoms with van der Waals surface area (Å²) in [5.74, 6) is 7.23. The third-order valence-electron chi connectivity index (χ3n) is 6.17. The van der Waals surface area contributed by atoms with Crippen molar-refractivity contribution in [2.24, 2.45) is 17.7 Å². The van der Waals surface area contributed by atoms with E-state index in [2.05, 4.69) is 73.3 Å². The Morgan fingerprint density at radius 1 is 1.16 bits per heavy atom. The summed E-state index contributed by atoms with van der Waals surface area (Å²) < 4.78 is 15.5. The summed E-state index contributed by atoms with van der Waals surface area (Å²) in [4.78, 5) is 0. The highest BCUT2D eigenvalue weighted by Gasteiger charge is 2.30. The standard InChI is InChI=1S/C28H45FN2/c1-10-14-15-16-28(8,9)31(30)25(17-21(7)11-2)26(20(5)6)27-23(13-4)18-22(12-3)19-24(27)29/h13-15,18-21H,4,10-12,16-17,30H2,1-3,5-9H3/b15-14+,26-25+. The predicted octanol–water partition coefficient (Wildman–Crippen LogP) is 8.15. The Morgan fingerprint density at radius 3 is 2.29 bits per heavy atom. The summed E-state index contributed by atoms with van der Waals surface area (Å²) in [6, 6.07) is 3.73. The second-order valence-electron chi connectivity index (χ2n) is 9.60. The van der Waals surface area contributed by atoms with Gasteiger partial charge in [-0.25, -0.2) is 10.2 Å². The zero-order valence-corrected chi connectivity index (χ0v) is 21.2. The van der Waals surface area contributed by atoms with Crippen LogP contribution in [0.2, 0.25) is 0 Å². The van der Waals surface area contributed by atoms with Crippen molar-refractivity contribution in [2.75, 3.05) is 0 Å². The van der Waals surface area contributed by atoms with E-state index in [1.807, 2.05) is 11.9 Å². The molecule has 1 aromatic carbocycles. The summed E-state index contributed by atoms with van der Waals surface area (Å²) in [7, 11) is 0. The van der Waals surface area contributed by atoms with Crippen LogP contribution in [0.1, 0.15) is 97.8 Å². The van der Waals surface area contributed by atoms with Gasteiger partial charge in [0.05, 0.1) is 5.54 Å². The molecule has 0 aliphatic carbocycles. The average Bonchev–Trinajstić information content (AvgIpc) is 2.72. The van der Waals surface area contributed by atoms with Crippen LogP contribution < -0.4 is 5.84 Å². The van der Waals surface area contributed by atoms with E-state index in [4.69, 9.17) is 5.84 Å². The van der Waals surface area contributed by atoms with Crippen LogP contribution in [0.4, 0.5) is 4.39 Å². The van der Waals surface area contributed by atoms with Crippen LogP contribution in [0.3, 0.4) is 0 Å². The molecule has 0 saturated heterocycles. The van der Waals surface area contributed by atoms with Crippen molar-refractivity contribution in [1.82, 2.24) is 5.01 Å². The Bertz CT molecular complexity index is 786. The summed E-state index contributed by atoms with van der Waals surface area (Å²) in [6.45, 7) is 21.2. The van der Waals surface area contributed by atoms with Gasteiger partial charge in [0, 0.05) is 11.3 Å². The van der Waals surface area contributed by atoms with Crippen LogP contribution in [-0.4, -0.2) is 10.5 Å². The molecule has 2 N–H and O–H groups in total. The number of hydrazine groups is 1. The van der Waals surface area contributed by atoms with Crippen LogP contribution in [0.25, 0.3) is 11.6 Å². The quantitative estimate of drug-likeness (QED) is 0.207. The van der Waals surface area contributed by atoms with Crippen LogP contribution in [0.15, 0.2) is 36.6 Å². The minimum atomic E-state index is -0.289. The summed E-state index contributed by atoms with van der Waals surface area (Å²) in [5.41, 5.74) is 4.21. The van der Waals surface area contributed by atoms with Crippen molar-refractivity contribution in [2.45, 2.75) is 93.0 Å². The van der Waals surface area contributed by atoms with Gasteiger partial charge in [-0.15, -0.1) is 0 Å². The van der Waals surface area contributed by atoms with Crippen molar-refractivity contribution < 1.29 is 4.39 Å². The number of nitrogens with two attached hydrogens (primary N) is 1. The zero-order chi connectivity index (χ0) is 23.8. The van der Waals surface area contributed by atoms with E-state index in [0.29, 0.717) is 11.5 Å².